The van der Waals surface area contributed by atoms with E-state index in [1.54, 1.807) is 7.05 Å². The summed E-state index contributed by atoms with van der Waals surface area (Å²) in [5, 5.41) is 6.36. The first kappa shape index (κ1) is 17.9. The Morgan fingerprint density at radius 2 is 1.08 bits per heavy atom. The van der Waals surface area contributed by atoms with Crippen LogP contribution in [0.25, 0.3) is 0 Å². The van der Waals surface area contributed by atoms with E-state index < -0.39 is 5.54 Å². The molecule has 0 radical (unpaired) electrons. The van der Waals surface area contributed by atoms with Gasteiger partial charge >= 0.3 is 0 Å². The van der Waals surface area contributed by atoms with Crippen molar-refractivity contribution >= 4 is 5.91 Å². The van der Waals surface area contributed by atoms with Gasteiger partial charge in [-0.2, -0.15) is 0 Å². The Labute approximate surface area is 155 Å². The fourth-order valence-corrected chi connectivity index (χ4v) is 3.42. The molecular weight excluding hydrogens is 320 g/mol. The lowest BCUT2D eigenvalue weighted by Gasteiger charge is -2.39. The van der Waals surface area contributed by atoms with Crippen LogP contribution in [0.2, 0.25) is 0 Å². The summed E-state index contributed by atoms with van der Waals surface area (Å²) in [6.07, 6.45) is 0. The molecule has 0 aromatic heterocycles. The fourth-order valence-electron chi connectivity index (χ4n) is 3.42. The molecule has 26 heavy (non-hydrogen) atoms. The summed E-state index contributed by atoms with van der Waals surface area (Å²) in [6.45, 7) is 1.89. The van der Waals surface area contributed by atoms with Gasteiger partial charge < -0.3 is 5.32 Å². The molecule has 0 aliphatic rings. The van der Waals surface area contributed by atoms with E-state index in [0.29, 0.717) is 0 Å². The smallest absolute Gasteiger partial charge is 0.236 e. The highest BCUT2D eigenvalue weighted by atomic mass is 16.2. The van der Waals surface area contributed by atoms with Crippen molar-refractivity contribution in [3.63, 3.8) is 0 Å². The van der Waals surface area contributed by atoms with Crippen LogP contribution in [-0.2, 0) is 10.3 Å². The Kier molecular flexibility index (Phi) is 5.49. The zero-order valence-corrected chi connectivity index (χ0v) is 15.1. The number of amides is 1. The highest BCUT2D eigenvalue weighted by Gasteiger charge is 2.38. The second-order valence-corrected chi connectivity index (χ2v) is 6.33. The van der Waals surface area contributed by atoms with Crippen molar-refractivity contribution in [1.29, 1.82) is 0 Å². The second kappa shape index (κ2) is 7.98. The van der Waals surface area contributed by atoms with Crippen LogP contribution in [0.4, 0.5) is 0 Å². The van der Waals surface area contributed by atoms with E-state index in [9.17, 15) is 4.79 Å². The van der Waals surface area contributed by atoms with Gasteiger partial charge in [-0.3, -0.25) is 10.1 Å². The summed E-state index contributed by atoms with van der Waals surface area (Å²) < 4.78 is 0. The molecule has 2 N–H and O–H groups in total. The minimum absolute atomic E-state index is 0.0443. The topological polar surface area (TPSA) is 41.1 Å². The minimum atomic E-state index is -0.629. The summed E-state index contributed by atoms with van der Waals surface area (Å²) in [5.41, 5.74) is 2.64. The first-order valence-corrected chi connectivity index (χ1v) is 8.84. The molecule has 132 valence electrons. The van der Waals surface area contributed by atoms with E-state index in [2.05, 4.69) is 47.0 Å². The summed E-state index contributed by atoms with van der Waals surface area (Å²) in [6, 6.07) is 30.4. The van der Waals surface area contributed by atoms with Gasteiger partial charge in [0.2, 0.25) is 5.91 Å². The average Bonchev–Trinajstić information content (AvgIpc) is 2.73. The van der Waals surface area contributed by atoms with Crippen LogP contribution in [0.1, 0.15) is 23.6 Å². The average molecular weight is 344 g/mol. The van der Waals surface area contributed by atoms with Gasteiger partial charge in [0, 0.05) is 7.05 Å². The van der Waals surface area contributed by atoms with Crippen LogP contribution < -0.4 is 10.6 Å². The molecule has 1 atom stereocenters. The minimum Gasteiger partial charge on any atom is -0.358 e. The van der Waals surface area contributed by atoms with E-state index in [-0.39, 0.29) is 11.9 Å². The molecule has 3 aromatic rings. The molecule has 3 nitrogen and oxygen atoms in total. The largest absolute Gasteiger partial charge is 0.358 e. The maximum absolute atomic E-state index is 12.3. The van der Waals surface area contributed by atoms with Crippen LogP contribution in [0.5, 0.6) is 0 Å². The number of likely N-dealkylation sites (N-methyl/N-ethyl adjacent to an activating group) is 1. The van der Waals surface area contributed by atoms with E-state index in [1.807, 2.05) is 61.5 Å². The van der Waals surface area contributed by atoms with Gasteiger partial charge in [0.05, 0.1) is 11.6 Å². The predicted octanol–water partition coefficient (Wildman–Crippen LogP) is 3.70. The molecule has 3 heteroatoms. The molecule has 1 amide bonds. The summed E-state index contributed by atoms with van der Waals surface area (Å²) in [4.78, 5) is 12.3. The third-order valence-electron chi connectivity index (χ3n) is 4.69. The van der Waals surface area contributed by atoms with Crippen LogP contribution in [0.15, 0.2) is 91.0 Å². The van der Waals surface area contributed by atoms with Gasteiger partial charge in [-0.25, -0.2) is 0 Å². The Hall–Kier alpha value is -2.91. The normalized spacial score (nSPS) is 12.4. The van der Waals surface area contributed by atoms with Crippen molar-refractivity contribution in [1.82, 2.24) is 10.6 Å². The zero-order chi connectivity index (χ0) is 18.4. The molecule has 0 spiro atoms. The van der Waals surface area contributed by atoms with E-state index in [0.717, 1.165) is 16.7 Å². The summed E-state index contributed by atoms with van der Waals surface area (Å²) >= 11 is 0. The number of benzene rings is 3. The third-order valence-corrected chi connectivity index (χ3v) is 4.69. The summed E-state index contributed by atoms with van der Waals surface area (Å²) in [7, 11) is 1.66. The number of carbonyl (C=O) groups is 1. The van der Waals surface area contributed by atoms with E-state index >= 15 is 0 Å². The molecule has 0 fully saturated rings. The van der Waals surface area contributed by atoms with Crippen molar-refractivity contribution < 1.29 is 4.79 Å². The Morgan fingerprint density at radius 1 is 0.731 bits per heavy atom. The maximum Gasteiger partial charge on any atom is 0.236 e. The van der Waals surface area contributed by atoms with Gasteiger partial charge in [-0.1, -0.05) is 91.0 Å². The third kappa shape index (κ3) is 3.39. The predicted molar refractivity (Wildman–Crippen MR) is 106 cm³/mol. The molecule has 3 rings (SSSR count). The highest BCUT2D eigenvalue weighted by molar-refractivity contribution is 5.81. The second-order valence-electron chi connectivity index (χ2n) is 6.33. The van der Waals surface area contributed by atoms with Gasteiger partial charge in [0.25, 0.3) is 0 Å². The first-order chi connectivity index (χ1) is 12.7. The van der Waals surface area contributed by atoms with Crippen molar-refractivity contribution in [3.05, 3.63) is 108 Å². The summed E-state index contributed by atoms with van der Waals surface area (Å²) in [5.74, 6) is -0.0443. The number of carbonyl (C=O) groups excluding carboxylic acids is 1. The molecule has 0 aliphatic heterocycles. The fraction of sp³-hybridized carbons (Fsp3) is 0.174. The Morgan fingerprint density at radius 3 is 1.38 bits per heavy atom. The number of hydrogen-bond acceptors (Lipinski definition) is 2. The number of hydrogen-bond donors (Lipinski definition) is 2. The molecular formula is C23H24N2O. The molecule has 0 bridgehead atoms. The molecule has 0 saturated carbocycles. The van der Waals surface area contributed by atoms with Crippen molar-refractivity contribution in [2.75, 3.05) is 7.05 Å². The lowest BCUT2D eigenvalue weighted by Crippen LogP contribution is -2.53. The molecule has 3 aromatic carbocycles. The Bertz CT molecular complexity index is 735. The van der Waals surface area contributed by atoms with Crippen molar-refractivity contribution in [2.45, 2.75) is 18.5 Å². The molecule has 0 heterocycles. The van der Waals surface area contributed by atoms with Gasteiger partial charge in [0.1, 0.15) is 0 Å². The standard InChI is InChI=1S/C23H24N2O/c1-18(22(26)24-2)25-23(19-12-6-3-7-13-19,20-14-8-4-9-15-20)21-16-10-5-11-17-21/h3-18,25H,1-2H3,(H,24,26)/t18-/m0/s1. The zero-order valence-electron chi connectivity index (χ0n) is 15.1. The maximum atomic E-state index is 12.3. The molecule has 0 saturated heterocycles. The van der Waals surface area contributed by atoms with E-state index in [1.165, 1.54) is 0 Å². The van der Waals surface area contributed by atoms with Crippen molar-refractivity contribution in [2.24, 2.45) is 0 Å². The van der Waals surface area contributed by atoms with Crippen LogP contribution >= 0.6 is 0 Å². The van der Waals surface area contributed by atoms with Gasteiger partial charge in [-0.15, -0.1) is 0 Å². The SMILES string of the molecule is CNC(=O)[C@H](C)NC(c1ccccc1)(c1ccccc1)c1ccccc1. The highest BCUT2D eigenvalue weighted by Crippen LogP contribution is 2.37. The number of nitrogens with one attached hydrogen (secondary N) is 2. The van der Waals surface area contributed by atoms with E-state index in [4.69, 9.17) is 0 Å². The lowest BCUT2D eigenvalue weighted by atomic mass is 9.76. The van der Waals surface area contributed by atoms with Crippen molar-refractivity contribution in [3.8, 4) is 0 Å². The molecule has 0 aliphatic carbocycles. The quantitative estimate of drug-likeness (QED) is 0.670. The number of rotatable bonds is 6. The van der Waals surface area contributed by atoms with Gasteiger partial charge in [-0.05, 0) is 23.6 Å². The monoisotopic (exact) mass is 344 g/mol. The van der Waals surface area contributed by atoms with Crippen LogP contribution in [0, 0.1) is 0 Å². The lowest BCUT2D eigenvalue weighted by molar-refractivity contribution is -0.122. The first-order valence-electron chi connectivity index (χ1n) is 8.84. The van der Waals surface area contributed by atoms with Crippen LogP contribution in [-0.4, -0.2) is 19.0 Å². The van der Waals surface area contributed by atoms with Crippen LogP contribution in [0.3, 0.4) is 0 Å². The Balaban J connectivity index is 2.26. The molecule has 0 unspecified atom stereocenters. The van der Waals surface area contributed by atoms with Gasteiger partial charge in [0.15, 0.2) is 0 Å².